The molecule has 0 fully saturated rings. The van der Waals surface area contributed by atoms with Crippen LogP contribution in [0.15, 0.2) is 35.2 Å². The molecule has 100 valence electrons. The number of benzene rings is 1. The predicted molar refractivity (Wildman–Crippen MR) is 82.8 cm³/mol. The van der Waals surface area contributed by atoms with Crippen molar-refractivity contribution in [3.63, 3.8) is 0 Å². The predicted octanol–water partition coefficient (Wildman–Crippen LogP) is 3.86. The molecule has 4 heteroatoms. The van der Waals surface area contributed by atoms with Crippen LogP contribution in [0.1, 0.15) is 19.5 Å². The second kappa shape index (κ2) is 6.57. The normalized spacial score (nSPS) is 10.5. The number of hydrogen-bond donors (Lipinski definition) is 1. The molecule has 1 heterocycles. The van der Waals surface area contributed by atoms with Gasteiger partial charge in [-0.25, -0.2) is 9.97 Å². The van der Waals surface area contributed by atoms with Crippen LogP contribution in [-0.2, 0) is 6.42 Å². The molecule has 0 amide bonds. The summed E-state index contributed by atoms with van der Waals surface area (Å²) in [5.74, 6) is 2.75. The number of anilines is 1. The lowest BCUT2D eigenvalue weighted by molar-refractivity contribution is 1.01. The standard InChI is InChI=1S/C15H19N3S/c1-4-12-10-14(16-3)18-15(17-12)11-6-8-13(9-7-11)19-5-2/h6-10H,4-5H2,1-3H3,(H,16,17,18). The zero-order valence-corrected chi connectivity index (χ0v) is 12.4. The Labute approximate surface area is 118 Å². The van der Waals surface area contributed by atoms with E-state index in [1.165, 1.54) is 4.90 Å². The Morgan fingerprint density at radius 2 is 1.84 bits per heavy atom. The number of aromatic nitrogens is 2. The van der Waals surface area contributed by atoms with Crippen LogP contribution in [0, 0.1) is 0 Å². The third-order valence-electron chi connectivity index (χ3n) is 2.82. The van der Waals surface area contributed by atoms with Gasteiger partial charge in [-0.3, -0.25) is 0 Å². The highest BCUT2D eigenvalue weighted by Crippen LogP contribution is 2.23. The molecule has 2 rings (SSSR count). The van der Waals surface area contributed by atoms with E-state index in [-0.39, 0.29) is 0 Å². The Kier molecular flexibility index (Phi) is 4.80. The van der Waals surface area contributed by atoms with Gasteiger partial charge < -0.3 is 5.32 Å². The van der Waals surface area contributed by atoms with E-state index < -0.39 is 0 Å². The Balaban J connectivity index is 2.34. The number of aryl methyl sites for hydroxylation is 1. The Morgan fingerprint density at radius 1 is 1.11 bits per heavy atom. The first-order valence-corrected chi connectivity index (χ1v) is 7.54. The second-order valence-corrected chi connectivity index (χ2v) is 5.47. The molecule has 0 aliphatic carbocycles. The average molecular weight is 273 g/mol. The molecule has 1 N–H and O–H groups in total. The summed E-state index contributed by atoms with van der Waals surface area (Å²) in [4.78, 5) is 10.4. The van der Waals surface area contributed by atoms with Crippen LogP contribution >= 0.6 is 11.8 Å². The molecule has 0 saturated carbocycles. The zero-order chi connectivity index (χ0) is 13.7. The summed E-state index contributed by atoms with van der Waals surface area (Å²) in [7, 11) is 1.88. The van der Waals surface area contributed by atoms with E-state index in [0.29, 0.717) is 0 Å². The molecule has 0 radical (unpaired) electrons. The Morgan fingerprint density at radius 3 is 2.42 bits per heavy atom. The number of thioether (sulfide) groups is 1. The van der Waals surface area contributed by atoms with Crippen molar-refractivity contribution in [3.05, 3.63) is 36.0 Å². The lowest BCUT2D eigenvalue weighted by atomic mass is 10.2. The van der Waals surface area contributed by atoms with Gasteiger partial charge in [-0.2, -0.15) is 0 Å². The molecule has 1 aromatic carbocycles. The van der Waals surface area contributed by atoms with E-state index in [0.717, 1.165) is 35.1 Å². The third-order valence-corrected chi connectivity index (χ3v) is 3.72. The van der Waals surface area contributed by atoms with Crippen LogP contribution in [0.2, 0.25) is 0 Å². The van der Waals surface area contributed by atoms with Crippen molar-refractivity contribution in [1.29, 1.82) is 0 Å². The summed E-state index contributed by atoms with van der Waals surface area (Å²) >= 11 is 1.84. The third kappa shape index (κ3) is 3.47. The molecule has 0 aliphatic rings. The quantitative estimate of drug-likeness (QED) is 0.839. The summed E-state index contributed by atoms with van der Waals surface area (Å²) in [6.07, 6.45) is 0.911. The smallest absolute Gasteiger partial charge is 0.161 e. The molecular weight excluding hydrogens is 254 g/mol. The average Bonchev–Trinajstić information content (AvgIpc) is 2.47. The topological polar surface area (TPSA) is 37.8 Å². The van der Waals surface area contributed by atoms with Crippen LogP contribution in [0.25, 0.3) is 11.4 Å². The van der Waals surface area contributed by atoms with Gasteiger partial charge in [0.1, 0.15) is 5.82 Å². The summed E-state index contributed by atoms with van der Waals surface area (Å²) in [6, 6.07) is 10.4. The van der Waals surface area contributed by atoms with Gasteiger partial charge in [-0.1, -0.05) is 26.0 Å². The number of rotatable bonds is 5. The highest BCUT2D eigenvalue weighted by atomic mass is 32.2. The molecule has 0 atom stereocenters. The van der Waals surface area contributed by atoms with Crippen molar-refractivity contribution >= 4 is 17.6 Å². The van der Waals surface area contributed by atoms with Gasteiger partial charge in [-0.05, 0) is 24.3 Å². The van der Waals surface area contributed by atoms with Crippen LogP contribution in [0.5, 0.6) is 0 Å². The fourth-order valence-electron chi connectivity index (χ4n) is 1.80. The number of nitrogens with zero attached hydrogens (tertiary/aromatic N) is 2. The number of nitrogens with one attached hydrogen (secondary N) is 1. The summed E-state index contributed by atoms with van der Waals surface area (Å²) in [5, 5.41) is 3.09. The highest BCUT2D eigenvalue weighted by Gasteiger charge is 2.05. The van der Waals surface area contributed by atoms with Gasteiger partial charge in [0.2, 0.25) is 0 Å². The summed E-state index contributed by atoms with van der Waals surface area (Å²) in [5.41, 5.74) is 2.12. The molecule has 0 unspecified atom stereocenters. The maximum absolute atomic E-state index is 4.59. The molecule has 19 heavy (non-hydrogen) atoms. The molecule has 2 aromatic rings. The Bertz CT molecular complexity index is 515. The summed E-state index contributed by atoms with van der Waals surface area (Å²) in [6.45, 7) is 4.26. The van der Waals surface area contributed by atoms with E-state index in [2.05, 4.69) is 53.4 Å². The maximum atomic E-state index is 4.59. The number of hydrogen-bond acceptors (Lipinski definition) is 4. The van der Waals surface area contributed by atoms with Crippen molar-refractivity contribution in [2.75, 3.05) is 18.1 Å². The molecule has 1 aromatic heterocycles. The SMILES string of the molecule is CCSc1ccc(-c2nc(CC)cc(NC)n2)cc1. The fourth-order valence-corrected chi connectivity index (χ4v) is 2.46. The van der Waals surface area contributed by atoms with Crippen molar-refractivity contribution in [3.8, 4) is 11.4 Å². The zero-order valence-electron chi connectivity index (χ0n) is 11.6. The second-order valence-electron chi connectivity index (χ2n) is 4.13. The molecule has 0 spiro atoms. The van der Waals surface area contributed by atoms with Gasteiger partial charge in [-0.15, -0.1) is 11.8 Å². The van der Waals surface area contributed by atoms with Crippen LogP contribution in [0.4, 0.5) is 5.82 Å². The van der Waals surface area contributed by atoms with Gasteiger partial charge in [0, 0.05) is 29.3 Å². The first kappa shape index (κ1) is 13.9. The first-order chi connectivity index (χ1) is 9.26. The van der Waals surface area contributed by atoms with E-state index in [9.17, 15) is 0 Å². The van der Waals surface area contributed by atoms with E-state index in [1.807, 2.05) is 24.9 Å². The fraction of sp³-hybridized carbons (Fsp3) is 0.333. The van der Waals surface area contributed by atoms with Crippen LogP contribution in [-0.4, -0.2) is 22.8 Å². The van der Waals surface area contributed by atoms with Crippen molar-refractivity contribution < 1.29 is 0 Å². The molecular formula is C15H19N3S. The highest BCUT2D eigenvalue weighted by molar-refractivity contribution is 7.99. The maximum Gasteiger partial charge on any atom is 0.161 e. The van der Waals surface area contributed by atoms with E-state index >= 15 is 0 Å². The van der Waals surface area contributed by atoms with Gasteiger partial charge in [0.15, 0.2) is 5.82 Å². The monoisotopic (exact) mass is 273 g/mol. The van der Waals surface area contributed by atoms with Crippen LogP contribution in [0.3, 0.4) is 0 Å². The molecule has 0 aliphatic heterocycles. The lowest BCUT2D eigenvalue weighted by Gasteiger charge is -2.07. The Hall–Kier alpha value is -1.55. The first-order valence-electron chi connectivity index (χ1n) is 6.55. The minimum atomic E-state index is 0.789. The van der Waals surface area contributed by atoms with Crippen molar-refractivity contribution in [2.45, 2.75) is 25.2 Å². The molecule has 0 bridgehead atoms. The summed E-state index contributed by atoms with van der Waals surface area (Å²) < 4.78 is 0. The van der Waals surface area contributed by atoms with E-state index in [1.54, 1.807) is 0 Å². The van der Waals surface area contributed by atoms with Gasteiger partial charge >= 0.3 is 0 Å². The van der Waals surface area contributed by atoms with Crippen molar-refractivity contribution in [2.24, 2.45) is 0 Å². The minimum Gasteiger partial charge on any atom is -0.373 e. The molecule has 3 nitrogen and oxygen atoms in total. The minimum absolute atomic E-state index is 0.789. The lowest BCUT2D eigenvalue weighted by Crippen LogP contribution is -2.00. The van der Waals surface area contributed by atoms with Crippen molar-refractivity contribution in [1.82, 2.24) is 9.97 Å². The van der Waals surface area contributed by atoms with E-state index in [4.69, 9.17) is 0 Å². The van der Waals surface area contributed by atoms with Gasteiger partial charge in [0.05, 0.1) is 0 Å². The largest absolute Gasteiger partial charge is 0.373 e. The van der Waals surface area contributed by atoms with Gasteiger partial charge in [0.25, 0.3) is 0 Å². The van der Waals surface area contributed by atoms with Crippen LogP contribution < -0.4 is 5.32 Å². The molecule has 0 saturated heterocycles.